The number of aromatic nitrogens is 1. The second-order valence-electron chi connectivity index (χ2n) is 4.54. The third kappa shape index (κ3) is 3.14. The lowest BCUT2D eigenvalue weighted by Gasteiger charge is -2.09. The minimum absolute atomic E-state index is 0.0835. The van der Waals surface area contributed by atoms with E-state index in [1.54, 1.807) is 32.0 Å². The molecule has 2 rings (SSSR count). The van der Waals surface area contributed by atoms with Crippen molar-refractivity contribution < 1.29 is 14.8 Å². The summed E-state index contributed by atoms with van der Waals surface area (Å²) in [7, 11) is 0. The molecule has 0 saturated carbocycles. The molecule has 0 aliphatic rings. The molecule has 21 heavy (non-hydrogen) atoms. The molecule has 0 fully saturated rings. The quantitative estimate of drug-likeness (QED) is 0.661. The monoisotopic (exact) mass is 287 g/mol. The molecule has 0 aliphatic heterocycles. The fourth-order valence-electron chi connectivity index (χ4n) is 1.86. The standard InChI is InChI=1S/C14H13N3O4/c1-8-3-5-10(7-11(8)14(18)19)16-13-12(17(20)21)6-4-9(2)15-13/h3-7H,1-2H3,(H,15,16)(H,18,19). The van der Waals surface area contributed by atoms with Gasteiger partial charge in [0.2, 0.25) is 5.82 Å². The summed E-state index contributed by atoms with van der Waals surface area (Å²) < 4.78 is 0. The predicted molar refractivity (Wildman–Crippen MR) is 77.0 cm³/mol. The van der Waals surface area contributed by atoms with Crippen molar-refractivity contribution >= 4 is 23.2 Å². The van der Waals surface area contributed by atoms with E-state index >= 15 is 0 Å². The number of pyridine rings is 1. The Morgan fingerprint density at radius 2 is 2.00 bits per heavy atom. The highest BCUT2D eigenvalue weighted by Gasteiger charge is 2.16. The van der Waals surface area contributed by atoms with Crippen molar-refractivity contribution in [1.29, 1.82) is 0 Å². The van der Waals surface area contributed by atoms with Crippen LogP contribution in [0.3, 0.4) is 0 Å². The SMILES string of the molecule is Cc1ccc([N+](=O)[O-])c(Nc2ccc(C)c(C(=O)O)c2)n1. The maximum atomic E-state index is 11.1. The molecule has 0 amide bonds. The third-order valence-corrected chi connectivity index (χ3v) is 2.94. The van der Waals surface area contributed by atoms with Crippen LogP contribution in [-0.2, 0) is 0 Å². The zero-order valence-electron chi connectivity index (χ0n) is 11.5. The van der Waals surface area contributed by atoms with Gasteiger partial charge in [0.25, 0.3) is 0 Å². The number of benzene rings is 1. The van der Waals surface area contributed by atoms with Crippen molar-refractivity contribution in [2.45, 2.75) is 13.8 Å². The number of anilines is 2. The van der Waals surface area contributed by atoms with Gasteiger partial charge in [-0.1, -0.05) is 6.07 Å². The summed E-state index contributed by atoms with van der Waals surface area (Å²) in [6.45, 7) is 3.40. The first-order valence-electron chi connectivity index (χ1n) is 6.11. The highest BCUT2D eigenvalue weighted by Crippen LogP contribution is 2.26. The number of hydrogen-bond donors (Lipinski definition) is 2. The number of nitrogens with one attached hydrogen (secondary N) is 1. The molecule has 0 unspecified atom stereocenters. The third-order valence-electron chi connectivity index (χ3n) is 2.94. The molecule has 7 nitrogen and oxygen atoms in total. The van der Waals surface area contributed by atoms with Crippen molar-refractivity contribution in [2.75, 3.05) is 5.32 Å². The minimum atomic E-state index is -1.05. The summed E-state index contributed by atoms with van der Waals surface area (Å²) in [6, 6.07) is 7.60. The Balaban J connectivity index is 2.43. The summed E-state index contributed by atoms with van der Waals surface area (Å²) >= 11 is 0. The van der Waals surface area contributed by atoms with Crippen LogP contribution < -0.4 is 5.32 Å². The van der Waals surface area contributed by atoms with Crippen molar-refractivity contribution in [1.82, 2.24) is 4.98 Å². The molecule has 2 aromatic rings. The zero-order valence-corrected chi connectivity index (χ0v) is 11.5. The number of hydrogen-bond acceptors (Lipinski definition) is 5. The number of aromatic carboxylic acids is 1. The normalized spacial score (nSPS) is 10.2. The van der Waals surface area contributed by atoms with Crippen LogP contribution in [0.4, 0.5) is 17.2 Å². The average Bonchev–Trinajstić information content (AvgIpc) is 2.40. The van der Waals surface area contributed by atoms with Gasteiger partial charge in [-0.2, -0.15) is 0 Å². The van der Waals surface area contributed by atoms with E-state index in [0.717, 1.165) is 0 Å². The van der Waals surface area contributed by atoms with Gasteiger partial charge in [0.05, 0.1) is 10.5 Å². The average molecular weight is 287 g/mol. The molecule has 0 radical (unpaired) electrons. The first-order chi connectivity index (χ1) is 9.88. The molecule has 0 aliphatic carbocycles. The smallest absolute Gasteiger partial charge is 0.336 e. The number of nitrogens with zero attached hydrogens (tertiary/aromatic N) is 2. The van der Waals surface area contributed by atoms with E-state index < -0.39 is 10.9 Å². The van der Waals surface area contributed by atoms with Gasteiger partial charge in [-0.3, -0.25) is 10.1 Å². The van der Waals surface area contributed by atoms with Crippen molar-refractivity contribution in [2.24, 2.45) is 0 Å². The molecule has 7 heteroatoms. The van der Waals surface area contributed by atoms with Crippen LogP contribution in [0, 0.1) is 24.0 Å². The van der Waals surface area contributed by atoms with Gasteiger partial charge < -0.3 is 10.4 Å². The molecule has 1 aromatic carbocycles. The van der Waals surface area contributed by atoms with E-state index in [1.807, 2.05) is 0 Å². The Morgan fingerprint density at radius 1 is 1.29 bits per heavy atom. The molecular formula is C14H13N3O4. The molecule has 0 atom stereocenters. The molecule has 1 heterocycles. The summed E-state index contributed by atoms with van der Waals surface area (Å²) in [5, 5.41) is 22.9. The van der Waals surface area contributed by atoms with Gasteiger partial charge in [-0.05, 0) is 37.6 Å². The predicted octanol–water partition coefficient (Wildman–Crippen LogP) is 3.05. The van der Waals surface area contributed by atoms with Crippen LogP contribution in [0.2, 0.25) is 0 Å². The Kier molecular flexibility index (Phi) is 3.84. The first-order valence-corrected chi connectivity index (χ1v) is 6.11. The number of carboxylic acid groups (broad SMARTS) is 1. The molecule has 0 spiro atoms. The lowest BCUT2D eigenvalue weighted by Crippen LogP contribution is -2.04. The summed E-state index contributed by atoms with van der Waals surface area (Å²) in [4.78, 5) is 25.6. The van der Waals surface area contributed by atoms with Crippen LogP contribution in [0.25, 0.3) is 0 Å². The Morgan fingerprint density at radius 3 is 2.62 bits per heavy atom. The molecule has 108 valence electrons. The number of aryl methyl sites for hydroxylation is 2. The molecule has 2 N–H and O–H groups in total. The van der Waals surface area contributed by atoms with Crippen LogP contribution in [0.1, 0.15) is 21.6 Å². The van der Waals surface area contributed by atoms with E-state index in [0.29, 0.717) is 16.9 Å². The molecule has 1 aromatic heterocycles. The highest BCUT2D eigenvalue weighted by atomic mass is 16.6. The summed E-state index contributed by atoms with van der Waals surface area (Å²) in [6.07, 6.45) is 0. The van der Waals surface area contributed by atoms with Crippen LogP contribution in [-0.4, -0.2) is 21.0 Å². The lowest BCUT2D eigenvalue weighted by atomic mass is 10.1. The Bertz CT molecular complexity index is 728. The molecular weight excluding hydrogens is 274 g/mol. The Hall–Kier alpha value is -2.96. The molecule has 0 bridgehead atoms. The van der Waals surface area contributed by atoms with E-state index in [-0.39, 0.29) is 17.1 Å². The highest BCUT2D eigenvalue weighted by molar-refractivity contribution is 5.90. The summed E-state index contributed by atoms with van der Waals surface area (Å²) in [5.74, 6) is -0.969. The summed E-state index contributed by atoms with van der Waals surface area (Å²) in [5.41, 5.74) is 1.63. The van der Waals surface area contributed by atoms with E-state index in [1.165, 1.54) is 12.1 Å². The van der Waals surface area contributed by atoms with Crippen molar-refractivity contribution in [3.05, 3.63) is 57.3 Å². The van der Waals surface area contributed by atoms with Gasteiger partial charge in [0, 0.05) is 17.4 Å². The van der Waals surface area contributed by atoms with Gasteiger partial charge in [-0.25, -0.2) is 9.78 Å². The minimum Gasteiger partial charge on any atom is -0.478 e. The topological polar surface area (TPSA) is 105 Å². The van der Waals surface area contributed by atoms with Gasteiger partial charge >= 0.3 is 11.7 Å². The fraction of sp³-hybridized carbons (Fsp3) is 0.143. The maximum Gasteiger partial charge on any atom is 0.336 e. The van der Waals surface area contributed by atoms with E-state index in [2.05, 4.69) is 10.3 Å². The van der Waals surface area contributed by atoms with E-state index in [9.17, 15) is 14.9 Å². The largest absolute Gasteiger partial charge is 0.478 e. The second-order valence-corrected chi connectivity index (χ2v) is 4.54. The van der Waals surface area contributed by atoms with Crippen LogP contribution >= 0.6 is 0 Å². The number of carbonyl (C=O) groups is 1. The molecule has 0 saturated heterocycles. The van der Waals surface area contributed by atoms with E-state index in [4.69, 9.17) is 5.11 Å². The lowest BCUT2D eigenvalue weighted by molar-refractivity contribution is -0.384. The van der Waals surface area contributed by atoms with Gasteiger partial charge in [-0.15, -0.1) is 0 Å². The number of rotatable bonds is 4. The van der Waals surface area contributed by atoms with Crippen LogP contribution in [0.15, 0.2) is 30.3 Å². The Labute approximate surface area is 120 Å². The first kappa shape index (κ1) is 14.4. The van der Waals surface area contributed by atoms with Crippen LogP contribution in [0.5, 0.6) is 0 Å². The van der Waals surface area contributed by atoms with Gasteiger partial charge in [0.15, 0.2) is 0 Å². The number of carboxylic acids is 1. The van der Waals surface area contributed by atoms with Gasteiger partial charge in [0.1, 0.15) is 0 Å². The maximum absolute atomic E-state index is 11.1. The zero-order chi connectivity index (χ0) is 15.6. The fourth-order valence-corrected chi connectivity index (χ4v) is 1.86. The second kappa shape index (κ2) is 5.58. The van der Waals surface area contributed by atoms with Crippen molar-refractivity contribution in [3.8, 4) is 0 Å². The number of nitro groups is 1. The van der Waals surface area contributed by atoms with Crippen molar-refractivity contribution in [3.63, 3.8) is 0 Å².